The van der Waals surface area contributed by atoms with E-state index in [2.05, 4.69) is 14.8 Å². The lowest BCUT2D eigenvalue weighted by atomic mass is 10.1. The second kappa shape index (κ2) is 14.1. The normalized spacial score (nSPS) is 10.1. The molecule has 0 heterocycles. The summed E-state index contributed by atoms with van der Waals surface area (Å²) in [5.74, 6) is -2.26. The standard InChI is InChI=1S/C14H18FNO4.C9H10FNO2.ClH/c1-14(2,3)20-13(18)16-8-9-5-6-10(15)7-11(9)12(17)19-4;1-13-9(12)8-4-7(10)3-2-6(8)5-11;/h5-7H,8H2,1-4H3,(H,16,18);2-4H,5,11H2,1H3;1H/p-1. The Morgan fingerprint density at radius 2 is 1.32 bits per heavy atom. The average molecular weight is 502 g/mol. The second-order valence-corrected chi connectivity index (χ2v) is 7.65. The van der Waals surface area contributed by atoms with Gasteiger partial charge in [-0.3, -0.25) is 0 Å². The number of esters is 2. The summed E-state index contributed by atoms with van der Waals surface area (Å²) in [6.07, 6.45) is -0.613. The molecule has 2 rings (SSSR count). The number of carbonyl (C=O) groups is 3. The van der Waals surface area contributed by atoms with Crippen LogP contribution in [-0.4, -0.2) is 37.9 Å². The van der Waals surface area contributed by atoms with Gasteiger partial charge in [-0.15, -0.1) is 0 Å². The van der Waals surface area contributed by atoms with Crippen LogP contribution in [-0.2, 0) is 27.3 Å². The molecule has 0 fully saturated rings. The van der Waals surface area contributed by atoms with Gasteiger partial charge in [-0.2, -0.15) is 0 Å². The number of alkyl carbamates (subject to hydrolysis) is 1. The zero-order chi connectivity index (χ0) is 25.2. The molecule has 3 N–H and O–H groups in total. The molecule has 188 valence electrons. The Bertz CT molecular complexity index is 996. The molecular weight excluding hydrogens is 474 g/mol. The number of nitrogens with two attached hydrogens (primary N) is 1. The molecule has 0 aliphatic heterocycles. The second-order valence-electron chi connectivity index (χ2n) is 7.65. The lowest BCUT2D eigenvalue weighted by molar-refractivity contribution is -0.0000566. The van der Waals surface area contributed by atoms with Crippen LogP contribution < -0.4 is 23.5 Å². The van der Waals surface area contributed by atoms with Gasteiger partial charge in [0.2, 0.25) is 0 Å². The van der Waals surface area contributed by atoms with Gasteiger partial charge in [0.05, 0.1) is 25.3 Å². The van der Waals surface area contributed by atoms with Gasteiger partial charge >= 0.3 is 18.0 Å². The quantitative estimate of drug-likeness (QED) is 0.458. The number of amides is 1. The van der Waals surface area contributed by atoms with Crippen LogP contribution in [0.5, 0.6) is 0 Å². The average Bonchev–Trinajstić information content (AvgIpc) is 2.76. The summed E-state index contributed by atoms with van der Waals surface area (Å²) in [6.45, 7) is 5.45. The molecule has 0 aliphatic rings. The molecule has 0 unspecified atom stereocenters. The van der Waals surface area contributed by atoms with E-state index in [1.54, 1.807) is 20.8 Å². The third-order valence-electron chi connectivity index (χ3n) is 4.00. The third kappa shape index (κ3) is 10.1. The Morgan fingerprint density at radius 3 is 1.74 bits per heavy atom. The lowest BCUT2D eigenvalue weighted by Gasteiger charge is -2.20. The van der Waals surface area contributed by atoms with Crippen molar-refractivity contribution in [3.63, 3.8) is 0 Å². The van der Waals surface area contributed by atoms with Crippen LogP contribution in [0.3, 0.4) is 0 Å². The fourth-order valence-electron chi connectivity index (χ4n) is 2.51. The summed E-state index contributed by atoms with van der Waals surface area (Å²) in [5.41, 5.74) is 6.03. The molecule has 0 spiro atoms. The fraction of sp³-hybridized carbons (Fsp3) is 0.348. The zero-order valence-corrected chi connectivity index (χ0v) is 20.3. The Hall–Kier alpha value is -3.24. The van der Waals surface area contributed by atoms with Gasteiger partial charge in [0, 0.05) is 13.1 Å². The van der Waals surface area contributed by atoms with E-state index in [9.17, 15) is 23.2 Å². The van der Waals surface area contributed by atoms with Crippen LogP contribution in [0.2, 0.25) is 0 Å². The molecule has 0 aromatic heterocycles. The first-order chi connectivity index (χ1) is 15.4. The van der Waals surface area contributed by atoms with Crippen molar-refractivity contribution in [3.05, 3.63) is 70.3 Å². The molecule has 2 aromatic carbocycles. The lowest BCUT2D eigenvalue weighted by Crippen LogP contribution is -3.00. The molecule has 0 aliphatic carbocycles. The maximum Gasteiger partial charge on any atom is 0.407 e. The Kier molecular flexibility index (Phi) is 12.8. The van der Waals surface area contributed by atoms with Crippen molar-refractivity contribution in [2.24, 2.45) is 5.73 Å². The fourth-order valence-corrected chi connectivity index (χ4v) is 2.51. The van der Waals surface area contributed by atoms with E-state index in [1.165, 1.54) is 38.5 Å². The first-order valence-electron chi connectivity index (χ1n) is 9.82. The largest absolute Gasteiger partial charge is 1.00 e. The predicted octanol–water partition coefficient (Wildman–Crippen LogP) is 0.712. The molecule has 1 amide bonds. The summed E-state index contributed by atoms with van der Waals surface area (Å²) in [5, 5.41) is 2.50. The van der Waals surface area contributed by atoms with Crippen LogP contribution in [0.25, 0.3) is 0 Å². The minimum Gasteiger partial charge on any atom is -1.00 e. The summed E-state index contributed by atoms with van der Waals surface area (Å²) in [6, 6.07) is 7.54. The van der Waals surface area contributed by atoms with Crippen molar-refractivity contribution in [3.8, 4) is 0 Å². The van der Waals surface area contributed by atoms with E-state index < -0.39 is 35.3 Å². The maximum atomic E-state index is 13.1. The number of hydrogen-bond donors (Lipinski definition) is 2. The number of carbonyl (C=O) groups excluding carboxylic acids is 3. The predicted molar refractivity (Wildman–Crippen MR) is 116 cm³/mol. The number of benzene rings is 2. The molecule has 0 saturated heterocycles. The highest BCUT2D eigenvalue weighted by Gasteiger charge is 2.18. The Labute approximate surface area is 203 Å². The van der Waals surface area contributed by atoms with Crippen LogP contribution in [0.4, 0.5) is 13.6 Å². The molecule has 11 heteroatoms. The molecule has 8 nitrogen and oxygen atoms in total. The highest BCUT2D eigenvalue weighted by molar-refractivity contribution is 5.91. The minimum atomic E-state index is -0.662. The number of methoxy groups -OCH3 is 2. The van der Waals surface area contributed by atoms with Crippen molar-refractivity contribution in [1.29, 1.82) is 0 Å². The highest BCUT2D eigenvalue weighted by Crippen LogP contribution is 2.14. The number of halogens is 3. The van der Waals surface area contributed by atoms with E-state index in [-0.39, 0.29) is 36.6 Å². The topological polar surface area (TPSA) is 117 Å². The molecule has 34 heavy (non-hydrogen) atoms. The van der Waals surface area contributed by atoms with Gasteiger partial charge in [-0.05, 0) is 56.2 Å². The van der Waals surface area contributed by atoms with Gasteiger partial charge in [0.25, 0.3) is 0 Å². The molecule has 0 radical (unpaired) electrons. The van der Waals surface area contributed by atoms with Crippen molar-refractivity contribution in [2.75, 3.05) is 14.2 Å². The van der Waals surface area contributed by atoms with Crippen molar-refractivity contribution in [2.45, 2.75) is 39.5 Å². The number of rotatable bonds is 5. The van der Waals surface area contributed by atoms with E-state index in [1.807, 2.05) is 0 Å². The van der Waals surface area contributed by atoms with Crippen molar-refractivity contribution >= 4 is 18.0 Å². The van der Waals surface area contributed by atoms with Gasteiger partial charge in [0.15, 0.2) is 0 Å². The molecule has 0 saturated carbocycles. The van der Waals surface area contributed by atoms with Crippen LogP contribution >= 0.6 is 0 Å². The minimum absolute atomic E-state index is 0. The Morgan fingerprint density at radius 1 is 0.882 bits per heavy atom. The van der Waals surface area contributed by atoms with Gasteiger partial charge in [-0.25, -0.2) is 23.2 Å². The van der Waals surface area contributed by atoms with Crippen LogP contribution in [0.1, 0.15) is 52.6 Å². The molecule has 0 atom stereocenters. The smallest absolute Gasteiger partial charge is 0.407 e. The maximum absolute atomic E-state index is 13.1. The van der Waals surface area contributed by atoms with Gasteiger partial charge < -0.3 is 37.7 Å². The molecule has 2 aromatic rings. The van der Waals surface area contributed by atoms with E-state index >= 15 is 0 Å². The summed E-state index contributed by atoms with van der Waals surface area (Å²) in [4.78, 5) is 34.2. The molecule has 0 bridgehead atoms. The SMILES string of the molecule is COC(=O)c1cc(F)ccc1CN.COC(=O)c1cc(F)ccc1CNC(=O)OC(C)(C)C.[Cl-]. The summed E-state index contributed by atoms with van der Waals surface area (Å²) in [7, 11) is 2.45. The monoisotopic (exact) mass is 501 g/mol. The third-order valence-corrected chi connectivity index (χ3v) is 4.00. The number of ether oxygens (including phenoxy) is 3. The highest BCUT2D eigenvalue weighted by atomic mass is 35.5. The van der Waals surface area contributed by atoms with Crippen molar-refractivity contribution < 1.29 is 49.8 Å². The number of nitrogens with one attached hydrogen (secondary N) is 1. The van der Waals surface area contributed by atoms with Crippen LogP contribution in [0, 0.1) is 11.6 Å². The van der Waals surface area contributed by atoms with Crippen molar-refractivity contribution in [1.82, 2.24) is 5.32 Å². The summed E-state index contributed by atoms with van der Waals surface area (Å²) >= 11 is 0. The number of hydrogen-bond acceptors (Lipinski definition) is 7. The zero-order valence-electron chi connectivity index (χ0n) is 19.5. The van der Waals surface area contributed by atoms with Gasteiger partial charge in [-0.1, -0.05) is 12.1 Å². The van der Waals surface area contributed by atoms with E-state index in [0.29, 0.717) is 11.1 Å². The van der Waals surface area contributed by atoms with E-state index in [0.717, 1.165) is 12.1 Å². The van der Waals surface area contributed by atoms with E-state index in [4.69, 9.17) is 10.5 Å². The summed E-state index contributed by atoms with van der Waals surface area (Å²) < 4.78 is 40.0. The molecular formula is C23H28ClF2N2O6-. The van der Waals surface area contributed by atoms with Crippen LogP contribution in [0.15, 0.2) is 36.4 Å². The first-order valence-corrected chi connectivity index (χ1v) is 9.82. The van der Waals surface area contributed by atoms with Gasteiger partial charge in [0.1, 0.15) is 17.2 Å². The Balaban J connectivity index is 0.000000676. The first kappa shape index (κ1) is 30.8.